The second-order valence-corrected chi connectivity index (χ2v) is 3.17. The lowest BCUT2D eigenvalue weighted by Gasteiger charge is -2.04. The van der Waals surface area contributed by atoms with E-state index in [0.29, 0.717) is 10.7 Å². The van der Waals surface area contributed by atoms with Crippen LogP contribution in [0.1, 0.15) is 0 Å². The predicted molar refractivity (Wildman–Crippen MR) is 52.5 cm³/mol. The summed E-state index contributed by atoms with van der Waals surface area (Å²) < 4.78 is 6.62. The van der Waals surface area contributed by atoms with Crippen LogP contribution in [0.25, 0.3) is 0 Å². The topological polar surface area (TPSA) is 91.7 Å². The molecule has 0 fully saturated rings. The Hall–Kier alpha value is -1.89. The van der Waals surface area contributed by atoms with Crippen LogP contribution in [0, 0.1) is 0 Å². The molecule has 0 saturated heterocycles. The van der Waals surface area contributed by atoms with E-state index >= 15 is 0 Å². The number of aryl methyl sites for hydroxylation is 1. The smallest absolute Gasteiger partial charge is 0.342 e. The number of nitrogens with two attached hydrogens (primary N) is 1. The van der Waals surface area contributed by atoms with Crippen molar-refractivity contribution < 1.29 is 4.74 Å². The number of hydrogen-bond acceptors (Lipinski definition) is 6. The third-order valence-corrected chi connectivity index (χ3v) is 1.82. The van der Waals surface area contributed by atoms with E-state index in [4.69, 9.17) is 22.1 Å². The Balaban J connectivity index is 2.29. The highest BCUT2D eigenvalue weighted by atomic mass is 35.5. The Bertz CT molecular complexity index is 484. The van der Waals surface area contributed by atoms with Crippen molar-refractivity contribution in [2.24, 2.45) is 7.05 Å². The molecule has 0 aliphatic carbocycles. The summed E-state index contributed by atoms with van der Waals surface area (Å²) in [6.45, 7) is 0. The van der Waals surface area contributed by atoms with Crippen LogP contribution >= 0.6 is 11.6 Å². The maximum absolute atomic E-state index is 5.69. The van der Waals surface area contributed by atoms with Crippen LogP contribution in [0.2, 0.25) is 5.02 Å². The summed E-state index contributed by atoms with van der Waals surface area (Å²) in [7, 11) is 1.64. The van der Waals surface area contributed by atoms with Gasteiger partial charge in [-0.3, -0.25) is 0 Å². The fourth-order valence-electron chi connectivity index (χ4n) is 0.922. The molecule has 2 rings (SSSR count). The van der Waals surface area contributed by atoms with Gasteiger partial charge in [-0.25, -0.2) is 4.98 Å². The summed E-state index contributed by atoms with van der Waals surface area (Å²) in [4.78, 5) is 3.91. The van der Waals surface area contributed by atoms with Gasteiger partial charge in [0.05, 0.1) is 10.7 Å². The number of pyridine rings is 1. The van der Waals surface area contributed by atoms with E-state index in [-0.39, 0.29) is 11.9 Å². The minimum atomic E-state index is 0.205. The van der Waals surface area contributed by atoms with Crippen LogP contribution in [0.3, 0.4) is 0 Å². The number of aromatic nitrogens is 5. The fourth-order valence-corrected chi connectivity index (χ4v) is 1.09. The van der Waals surface area contributed by atoms with Crippen LogP contribution in [0.4, 0.5) is 5.69 Å². The molecule has 0 saturated carbocycles. The molecule has 78 valence electrons. The van der Waals surface area contributed by atoms with Crippen molar-refractivity contribution >= 4 is 17.3 Å². The van der Waals surface area contributed by atoms with Crippen molar-refractivity contribution in [2.75, 3.05) is 5.73 Å². The van der Waals surface area contributed by atoms with Crippen LogP contribution in [-0.4, -0.2) is 25.2 Å². The van der Waals surface area contributed by atoms with Gasteiger partial charge in [-0.15, -0.1) is 0 Å². The third-order valence-electron chi connectivity index (χ3n) is 1.61. The number of anilines is 1. The van der Waals surface area contributed by atoms with Crippen LogP contribution in [0.5, 0.6) is 11.9 Å². The summed E-state index contributed by atoms with van der Waals surface area (Å²) in [6, 6.07) is 1.74. The number of nitrogen functional groups attached to an aromatic ring is 1. The molecule has 0 unspecified atom stereocenters. The van der Waals surface area contributed by atoms with Crippen molar-refractivity contribution in [3.8, 4) is 11.9 Å². The minimum Gasteiger partial charge on any atom is -0.402 e. The molecule has 2 N–H and O–H groups in total. The lowest BCUT2D eigenvalue weighted by atomic mass is 10.4. The molecule has 0 aliphatic rings. The molecule has 2 aromatic rings. The highest BCUT2D eigenvalue weighted by molar-refractivity contribution is 6.30. The highest BCUT2D eigenvalue weighted by Gasteiger charge is 2.09. The van der Waals surface area contributed by atoms with E-state index in [1.165, 1.54) is 16.9 Å². The Morgan fingerprint density at radius 1 is 1.53 bits per heavy atom. The standard InChI is InChI=1S/C7H7ClN6O/c1-14-7(11-12-13-14)15-6-5(9)2-4(8)3-10-6/h2-3H,9H2,1H3. The first-order chi connectivity index (χ1) is 7.16. The van der Waals surface area contributed by atoms with Crippen LogP contribution in [0.15, 0.2) is 12.3 Å². The van der Waals surface area contributed by atoms with E-state index in [1.807, 2.05) is 0 Å². The molecule has 0 bridgehead atoms. The zero-order valence-corrected chi connectivity index (χ0v) is 8.51. The van der Waals surface area contributed by atoms with Gasteiger partial charge in [-0.1, -0.05) is 16.7 Å². The SMILES string of the molecule is Cn1nnnc1Oc1ncc(Cl)cc1N. The molecule has 2 heterocycles. The van der Waals surface area contributed by atoms with Crippen molar-refractivity contribution in [2.45, 2.75) is 0 Å². The number of halogens is 1. The molecule has 8 heteroatoms. The highest BCUT2D eigenvalue weighted by Crippen LogP contribution is 2.24. The number of tetrazole rings is 1. The van der Waals surface area contributed by atoms with Gasteiger partial charge in [0.1, 0.15) is 0 Å². The number of nitrogens with zero attached hydrogens (tertiary/aromatic N) is 5. The van der Waals surface area contributed by atoms with Gasteiger partial charge in [0.25, 0.3) is 0 Å². The van der Waals surface area contributed by atoms with E-state index in [0.717, 1.165) is 0 Å². The first-order valence-corrected chi connectivity index (χ1v) is 4.36. The minimum absolute atomic E-state index is 0.205. The molecule has 2 aromatic heterocycles. The number of hydrogen-bond donors (Lipinski definition) is 1. The van der Waals surface area contributed by atoms with Crippen molar-refractivity contribution in [1.29, 1.82) is 0 Å². The van der Waals surface area contributed by atoms with Crippen LogP contribution < -0.4 is 10.5 Å². The molecular weight excluding hydrogens is 220 g/mol. The monoisotopic (exact) mass is 226 g/mol. The molecule has 15 heavy (non-hydrogen) atoms. The maximum atomic E-state index is 5.69. The quantitative estimate of drug-likeness (QED) is 0.808. The summed E-state index contributed by atoms with van der Waals surface area (Å²) in [5.74, 6) is 0.220. The average Bonchev–Trinajstić information content (AvgIpc) is 2.57. The lowest BCUT2D eigenvalue weighted by Crippen LogP contribution is -2.00. The average molecular weight is 227 g/mol. The molecule has 0 aliphatic heterocycles. The second kappa shape index (κ2) is 3.70. The van der Waals surface area contributed by atoms with Gasteiger partial charge in [-0.05, 0) is 16.5 Å². The number of ether oxygens (including phenoxy) is 1. The van der Waals surface area contributed by atoms with Gasteiger partial charge in [0.15, 0.2) is 0 Å². The Labute approximate surface area is 89.8 Å². The normalized spacial score (nSPS) is 10.3. The van der Waals surface area contributed by atoms with E-state index in [2.05, 4.69) is 20.5 Å². The van der Waals surface area contributed by atoms with E-state index < -0.39 is 0 Å². The van der Waals surface area contributed by atoms with Gasteiger partial charge in [0.2, 0.25) is 5.88 Å². The molecule has 0 atom stereocenters. The molecule has 0 radical (unpaired) electrons. The lowest BCUT2D eigenvalue weighted by molar-refractivity contribution is 0.402. The van der Waals surface area contributed by atoms with Gasteiger partial charge >= 0.3 is 6.01 Å². The fraction of sp³-hybridized carbons (Fsp3) is 0.143. The zero-order chi connectivity index (χ0) is 10.8. The Morgan fingerprint density at radius 3 is 2.93 bits per heavy atom. The van der Waals surface area contributed by atoms with Crippen molar-refractivity contribution in [1.82, 2.24) is 25.2 Å². The first kappa shape index (κ1) is 9.66. The predicted octanol–water partition coefficient (Wildman–Crippen LogP) is 0.633. The summed E-state index contributed by atoms with van der Waals surface area (Å²) in [6.07, 6.45) is 1.43. The van der Waals surface area contributed by atoms with Gasteiger partial charge < -0.3 is 10.5 Å². The summed E-state index contributed by atoms with van der Waals surface area (Å²) in [5, 5.41) is 11.1. The van der Waals surface area contributed by atoms with Crippen molar-refractivity contribution in [3.63, 3.8) is 0 Å². The van der Waals surface area contributed by atoms with Crippen LogP contribution in [-0.2, 0) is 7.05 Å². The van der Waals surface area contributed by atoms with Gasteiger partial charge in [-0.2, -0.15) is 4.68 Å². The summed E-state index contributed by atoms with van der Waals surface area (Å²) in [5.41, 5.74) is 5.96. The molecule has 0 aromatic carbocycles. The zero-order valence-electron chi connectivity index (χ0n) is 7.75. The second-order valence-electron chi connectivity index (χ2n) is 2.74. The van der Waals surface area contributed by atoms with E-state index in [9.17, 15) is 0 Å². The largest absolute Gasteiger partial charge is 0.402 e. The number of rotatable bonds is 2. The Morgan fingerprint density at radius 2 is 2.33 bits per heavy atom. The maximum Gasteiger partial charge on any atom is 0.342 e. The summed E-state index contributed by atoms with van der Waals surface area (Å²) >= 11 is 5.69. The van der Waals surface area contributed by atoms with Gasteiger partial charge in [0, 0.05) is 13.2 Å². The van der Waals surface area contributed by atoms with Crippen molar-refractivity contribution in [3.05, 3.63) is 17.3 Å². The van der Waals surface area contributed by atoms with E-state index in [1.54, 1.807) is 7.05 Å². The third kappa shape index (κ3) is 1.96. The molecular formula is C7H7ClN6O. The molecule has 7 nitrogen and oxygen atoms in total. The first-order valence-electron chi connectivity index (χ1n) is 3.98. The molecule has 0 amide bonds. The molecule has 0 spiro atoms. The Kier molecular flexibility index (Phi) is 2.38.